The number of halogens is 1. The van der Waals surface area contributed by atoms with Gasteiger partial charge in [-0.1, -0.05) is 6.07 Å². The molecule has 1 aliphatic heterocycles. The molecule has 1 saturated heterocycles. The highest BCUT2D eigenvalue weighted by molar-refractivity contribution is 7.09. The van der Waals surface area contributed by atoms with Gasteiger partial charge in [-0.25, -0.2) is 0 Å². The van der Waals surface area contributed by atoms with E-state index in [1.807, 2.05) is 0 Å². The maximum Gasteiger partial charge on any atom is 0.228 e. The monoisotopic (exact) mass is 272 g/mol. The van der Waals surface area contributed by atoms with Crippen LogP contribution in [-0.4, -0.2) is 29.9 Å². The van der Waals surface area contributed by atoms with E-state index in [0.29, 0.717) is 11.9 Å². The van der Waals surface area contributed by atoms with Crippen LogP contribution in [0.15, 0.2) is 17.5 Å². The van der Waals surface area contributed by atoms with Crippen LogP contribution >= 0.6 is 23.7 Å². The number of nitrogens with one attached hydrogen (secondary N) is 1. The maximum absolute atomic E-state index is 12.2. The van der Waals surface area contributed by atoms with E-state index in [2.05, 4.69) is 27.7 Å². The fourth-order valence-corrected chi connectivity index (χ4v) is 2.74. The number of carbonyl (C=O) groups is 1. The molecule has 0 bridgehead atoms. The van der Waals surface area contributed by atoms with Crippen molar-refractivity contribution < 1.29 is 4.79 Å². The second kappa shape index (κ2) is 5.38. The summed E-state index contributed by atoms with van der Waals surface area (Å²) in [6.07, 6.45) is 2.38. The van der Waals surface area contributed by atoms with Crippen LogP contribution in [0.3, 0.4) is 0 Å². The standard InChI is InChI=1S/C12H16N2OS.ClH/c15-12(9-6-13-7-9)14(10-3-4-10)8-11-2-1-5-16-11;/h1-2,5,9-10,13H,3-4,6-8H2;1H. The Morgan fingerprint density at radius 3 is 2.71 bits per heavy atom. The molecule has 2 fully saturated rings. The number of carbonyl (C=O) groups excluding carboxylic acids is 1. The molecule has 1 aromatic heterocycles. The van der Waals surface area contributed by atoms with E-state index in [-0.39, 0.29) is 18.3 Å². The van der Waals surface area contributed by atoms with Gasteiger partial charge in [-0.05, 0) is 24.3 Å². The summed E-state index contributed by atoms with van der Waals surface area (Å²) in [6, 6.07) is 4.70. The molecule has 1 aliphatic carbocycles. The molecule has 94 valence electrons. The van der Waals surface area contributed by atoms with Gasteiger partial charge in [0.1, 0.15) is 0 Å². The first-order valence-corrected chi connectivity index (χ1v) is 6.76. The zero-order chi connectivity index (χ0) is 11.0. The summed E-state index contributed by atoms with van der Waals surface area (Å²) in [7, 11) is 0. The number of amides is 1. The lowest BCUT2D eigenvalue weighted by Gasteiger charge is -2.32. The van der Waals surface area contributed by atoms with Gasteiger partial charge in [0.2, 0.25) is 5.91 Å². The maximum atomic E-state index is 12.2. The van der Waals surface area contributed by atoms with Crippen molar-refractivity contribution in [1.29, 1.82) is 0 Å². The molecule has 0 spiro atoms. The first-order valence-electron chi connectivity index (χ1n) is 5.88. The molecule has 0 radical (unpaired) electrons. The minimum atomic E-state index is 0. The van der Waals surface area contributed by atoms with Crippen molar-refractivity contribution in [2.75, 3.05) is 13.1 Å². The molecule has 2 aliphatic rings. The molecule has 1 aromatic rings. The second-order valence-electron chi connectivity index (χ2n) is 4.63. The fraction of sp³-hybridized carbons (Fsp3) is 0.583. The van der Waals surface area contributed by atoms with Crippen molar-refractivity contribution in [3.05, 3.63) is 22.4 Å². The topological polar surface area (TPSA) is 32.3 Å². The molecule has 1 amide bonds. The Bertz CT molecular complexity index is 374. The van der Waals surface area contributed by atoms with Crippen molar-refractivity contribution in [3.8, 4) is 0 Å². The molecule has 5 heteroatoms. The van der Waals surface area contributed by atoms with Gasteiger partial charge >= 0.3 is 0 Å². The molecule has 3 rings (SSSR count). The van der Waals surface area contributed by atoms with Gasteiger partial charge in [0, 0.05) is 24.0 Å². The first kappa shape index (κ1) is 12.9. The Kier molecular flexibility index (Phi) is 4.07. The highest BCUT2D eigenvalue weighted by atomic mass is 35.5. The molecule has 0 unspecified atom stereocenters. The van der Waals surface area contributed by atoms with E-state index in [4.69, 9.17) is 0 Å². The van der Waals surface area contributed by atoms with Crippen LogP contribution in [0.2, 0.25) is 0 Å². The van der Waals surface area contributed by atoms with Crippen molar-refractivity contribution in [2.24, 2.45) is 5.92 Å². The predicted molar refractivity (Wildman–Crippen MR) is 71.5 cm³/mol. The van der Waals surface area contributed by atoms with Crippen molar-refractivity contribution in [2.45, 2.75) is 25.4 Å². The largest absolute Gasteiger partial charge is 0.334 e. The summed E-state index contributed by atoms with van der Waals surface area (Å²) in [4.78, 5) is 15.6. The first-order chi connectivity index (χ1) is 7.84. The summed E-state index contributed by atoms with van der Waals surface area (Å²) >= 11 is 1.74. The molecule has 1 N–H and O–H groups in total. The van der Waals surface area contributed by atoms with Gasteiger partial charge in [0.25, 0.3) is 0 Å². The van der Waals surface area contributed by atoms with E-state index < -0.39 is 0 Å². The molecule has 1 saturated carbocycles. The summed E-state index contributed by atoms with van der Waals surface area (Å²) in [5, 5.41) is 5.25. The molecule has 0 atom stereocenters. The lowest BCUT2D eigenvalue weighted by Crippen LogP contribution is -2.52. The van der Waals surface area contributed by atoms with E-state index in [1.165, 1.54) is 17.7 Å². The quantitative estimate of drug-likeness (QED) is 0.908. The highest BCUT2D eigenvalue weighted by Gasteiger charge is 2.37. The molecule has 17 heavy (non-hydrogen) atoms. The van der Waals surface area contributed by atoms with Gasteiger partial charge in [-0.15, -0.1) is 23.7 Å². The molecule has 2 heterocycles. The lowest BCUT2D eigenvalue weighted by atomic mass is 10.0. The Morgan fingerprint density at radius 1 is 1.47 bits per heavy atom. The van der Waals surface area contributed by atoms with Gasteiger partial charge < -0.3 is 10.2 Å². The normalized spacial score (nSPS) is 19.3. The van der Waals surface area contributed by atoms with Crippen LogP contribution in [0.25, 0.3) is 0 Å². The third-order valence-corrected chi connectivity index (χ3v) is 4.17. The molecule has 0 aromatic carbocycles. The zero-order valence-electron chi connectivity index (χ0n) is 9.59. The average molecular weight is 273 g/mol. The van der Waals surface area contributed by atoms with Gasteiger partial charge in [0.05, 0.1) is 12.5 Å². The summed E-state index contributed by atoms with van der Waals surface area (Å²) < 4.78 is 0. The zero-order valence-corrected chi connectivity index (χ0v) is 11.2. The smallest absolute Gasteiger partial charge is 0.228 e. The van der Waals surface area contributed by atoms with Crippen LogP contribution < -0.4 is 5.32 Å². The Labute approximate surface area is 112 Å². The number of hydrogen-bond donors (Lipinski definition) is 1. The van der Waals surface area contributed by atoms with Gasteiger partial charge in [0.15, 0.2) is 0 Å². The Hall–Kier alpha value is -0.580. The second-order valence-corrected chi connectivity index (χ2v) is 5.66. The minimum absolute atomic E-state index is 0. The third-order valence-electron chi connectivity index (χ3n) is 3.31. The van der Waals surface area contributed by atoms with E-state index in [0.717, 1.165) is 19.6 Å². The lowest BCUT2D eigenvalue weighted by molar-refractivity contribution is -0.138. The Balaban J connectivity index is 0.00000108. The van der Waals surface area contributed by atoms with Crippen LogP contribution in [0.1, 0.15) is 17.7 Å². The predicted octanol–water partition coefficient (Wildman–Crippen LogP) is 1.88. The van der Waals surface area contributed by atoms with Gasteiger partial charge in [-0.2, -0.15) is 0 Å². The Morgan fingerprint density at radius 2 is 2.24 bits per heavy atom. The average Bonchev–Trinajstić information content (AvgIpc) is 2.90. The van der Waals surface area contributed by atoms with E-state index >= 15 is 0 Å². The number of thiophene rings is 1. The van der Waals surface area contributed by atoms with Crippen LogP contribution in [0.5, 0.6) is 0 Å². The number of nitrogens with zero attached hydrogens (tertiary/aromatic N) is 1. The van der Waals surface area contributed by atoms with Crippen molar-refractivity contribution >= 4 is 29.7 Å². The van der Waals surface area contributed by atoms with E-state index in [9.17, 15) is 4.79 Å². The molecule has 3 nitrogen and oxygen atoms in total. The van der Waals surface area contributed by atoms with E-state index in [1.54, 1.807) is 11.3 Å². The van der Waals surface area contributed by atoms with Crippen molar-refractivity contribution in [3.63, 3.8) is 0 Å². The van der Waals surface area contributed by atoms with Crippen LogP contribution in [-0.2, 0) is 11.3 Å². The highest BCUT2D eigenvalue weighted by Crippen LogP contribution is 2.30. The molecular formula is C12H17ClN2OS. The summed E-state index contributed by atoms with van der Waals surface area (Å²) in [5.41, 5.74) is 0. The summed E-state index contributed by atoms with van der Waals surface area (Å²) in [6.45, 7) is 2.55. The van der Waals surface area contributed by atoms with Crippen molar-refractivity contribution in [1.82, 2.24) is 10.2 Å². The minimum Gasteiger partial charge on any atom is -0.334 e. The number of hydrogen-bond acceptors (Lipinski definition) is 3. The third kappa shape index (κ3) is 2.81. The fourth-order valence-electron chi connectivity index (χ4n) is 2.04. The SMILES string of the molecule is Cl.O=C(C1CNC1)N(Cc1cccs1)C1CC1. The van der Waals surface area contributed by atoms with Crippen LogP contribution in [0, 0.1) is 5.92 Å². The summed E-state index contributed by atoms with van der Waals surface area (Å²) in [5.74, 6) is 0.593. The number of rotatable bonds is 4. The molecular weight excluding hydrogens is 256 g/mol. The van der Waals surface area contributed by atoms with Gasteiger partial charge in [-0.3, -0.25) is 4.79 Å². The van der Waals surface area contributed by atoms with Crippen LogP contribution in [0.4, 0.5) is 0 Å².